The highest BCUT2D eigenvalue weighted by Gasteiger charge is 2.28. The van der Waals surface area contributed by atoms with Crippen molar-refractivity contribution in [1.29, 1.82) is 0 Å². The number of carbonyl (C=O) groups is 1. The number of anilines is 1. The van der Waals surface area contributed by atoms with Gasteiger partial charge in [-0.3, -0.25) is 4.79 Å². The van der Waals surface area contributed by atoms with Gasteiger partial charge in [0.2, 0.25) is 5.91 Å². The lowest BCUT2D eigenvalue weighted by atomic mass is 10.0. The second-order valence-corrected chi connectivity index (χ2v) is 8.50. The van der Waals surface area contributed by atoms with Gasteiger partial charge < -0.3 is 14.8 Å². The Balaban J connectivity index is 1.44. The molecule has 1 saturated heterocycles. The van der Waals surface area contributed by atoms with E-state index in [0.29, 0.717) is 0 Å². The Bertz CT molecular complexity index is 1040. The number of amides is 1. The lowest BCUT2D eigenvalue weighted by Gasteiger charge is -2.25. The predicted molar refractivity (Wildman–Crippen MR) is 122 cm³/mol. The summed E-state index contributed by atoms with van der Waals surface area (Å²) >= 11 is 0. The molecule has 3 heterocycles. The molecule has 160 valence electrons. The van der Waals surface area contributed by atoms with Crippen LogP contribution in [0.4, 0.5) is 5.69 Å². The van der Waals surface area contributed by atoms with E-state index in [1.165, 1.54) is 12.8 Å². The van der Waals surface area contributed by atoms with Crippen molar-refractivity contribution in [3.05, 3.63) is 66.0 Å². The third-order valence-electron chi connectivity index (χ3n) is 6.34. The minimum absolute atomic E-state index is 0.144. The number of likely N-dealkylation sites (tertiary alicyclic amines) is 1. The lowest BCUT2D eigenvalue weighted by Crippen LogP contribution is -2.36. The number of hydrogen-bond acceptors (Lipinski definition) is 4. The van der Waals surface area contributed by atoms with E-state index in [9.17, 15) is 4.79 Å². The number of rotatable bonds is 5. The summed E-state index contributed by atoms with van der Waals surface area (Å²) in [6.45, 7) is 2.65. The minimum atomic E-state index is -0.398. The smallest absolute Gasteiger partial charge is 0.249 e. The van der Waals surface area contributed by atoms with Gasteiger partial charge in [-0.25, -0.2) is 0 Å². The first-order valence-electron chi connectivity index (χ1n) is 11.4. The van der Waals surface area contributed by atoms with Gasteiger partial charge in [-0.15, -0.1) is 10.2 Å². The molecule has 2 aliphatic heterocycles. The minimum Gasteiger partial charge on any atom is -0.370 e. The first kappa shape index (κ1) is 19.8. The highest BCUT2D eigenvalue weighted by molar-refractivity contribution is 5.86. The number of nitrogens with one attached hydrogen (secondary N) is 1. The van der Waals surface area contributed by atoms with Gasteiger partial charge in [0.1, 0.15) is 11.9 Å². The van der Waals surface area contributed by atoms with E-state index in [1.807, 2.05) is 47.4 Å². The normalized spacial score (nSPS) is 17.1. The molecule has 0 radical (unpaired) electrons. The van der Waals surface area contributed by atoms with Crippen molar-refractivity contribution in [2.45, 2.75) is 51.1 Å². The molecule has 0 aliphatic carbocycles. The van der Waals surface area contributed by atoms with Crippen LogP contribution in [0.3, 0.4) is 0 Å². The molecule has 0 saturated carbocycles. The Kier molecular flexibility index (Phi) is 5.69. The fourth-order valence-electron chi connectivity index (χ4n) is 4.67. The monoisotopic (exact) mass is 415 g/mol. The van der Waals surface area contributed by atoms with Crippen LogP contribution >= 0.6 is 0 Å². The van der Waals surface area contributed by atoms with E-state index in [0.717, 1.165) is 73.8 Å². The van der Waals surface area contributed by atoms with Crippen molar-refractivity contribution in [2.24, 2.45) is 0 Å². The molecule has 1 aromatic heterocycles. The zero-order valence-corrected chi connectivity index (χ0v) is 17.8. The van der Waals surface area contributed by atoms with Crippen molar-refractivity contribution >= 4 is 11.6 Å². The molecule has 0 bridgehead atoms. The number of fused-ring (bicyclic) bond motifs is 1. The van der Waals surface area contributed by atoms with Crippen molar-refractivity contribution in [3.8, 4) is 11.4 Å². The summed E-state index contributed by atoms with van der Waals surface area (Å²) in [6.07, 6.45) is 6.74. The molecule has 1 unspecified atom stereocenters. The molecule has 5 rings (SSSR count). The van der Waals surface area contributed by atoms with E-state index in [-0.39, 0.29) is 5.91 Å². The van der Waals surface area contributed by atoms with Gasteiger partial charge >= 0.3 is 0 Å². The molecule has 3 aromatic rings. The first-order chi connectivity index (χ1) is 15.3. The van der Waals surface area contributed by atoms with Crippen LogP contribution < -0.4 is 5.32 Å². The maximum Gasteiger partial charge on any atom is 0.249 e. The number of benzene rings is 2. The number of hydrogen-bond donors (Lipinski definition) is 1. The number of aromatic nitrogens is 3. The summed E-state index contributed by atoms with van der Waals surface area (Å²) < 4.78 is 2.26. The topological polar surface area (TPSA) is 63.1 Å². The quantitative estimate of drug-likeness (QED) is 0.669. The number of aryl methyl sites for hydroxylation is 1. The summed E-state index contributed by atoms with van der Waals surface area (Å²) in [4.78, 5) is 15.3. The van der Waals surface area contributed by atoms with Gasteiger partial charge in [-0.2, -0.15) is 0 Å². The van der Waals surface area contributed by atoms with E-state index in [4.69, 9.17) is 0 Å². The third kappa shape index (κ3) is 4.20. The Morgan fingerprint density at radius 3 is 2.52 bits per heavy atom. The van der Waals surface area contributed by atoms with Gasteiger partial charge in [0.25, 0.3) is 0 Å². The molecule has 1 amide bonds. The van der Waals surface area contributed by atoms with Crippen LogP contribution in [0.1, 0.15) is 49.5 Å². The Labute approximate surface area is 183 Å². The van der Waals surface area contributed by atoms with Gasteiger partial charge in [0.15, 0.2) is 5.82 Å². The summed E-state index contributed by atoms with van der Waals surface area (Å²) in [5.74, 6) is 2.14. The third-order valence-corrected chi connectivity index (χ3v) is 6.34. The van der Waals surface area contributed by atoms with Crippen molar-refractivity contribution in [2.75, 3.05) is 18.4 Å². The number of carbonyl (C=O) groups excluding carboxylic acids is 1. The van der Waals surface area contributed by atoms with Crippen LogP contribution in [0.5, 0.6) is 0 Å². The van der Waals surface area contributed by atoms with E-state index >= 15 is 0 Å². The summed E-state index contributed by atoms with van der Waals surface area (Å²) in [5.41, 5.74) is 2.94. The average Bonchev–Trinajstić information content (AvgIpc) is 3.43. The van der Waals surface area contributed by atoms with Crippen LogP contribution in [0.15, 0.2) is 54.6 Å². The highest BCUT2D eigenvalue weighted by atomic mass is 16.2. The van der Waals surface area contributed by atoms with Gasteiger partial charge in [-0.05, 0) is 43.4 Å². The second kappa shape index (κ2) is 8.92. The number of nitrogens with zero attached hydrogens (tertiary/aromatic N) is 4. The Morgan fingerprint density at radius 1 is 0.871 bits per heavy atom. The molecule has 2 aromatic carbocycles. The van der Waals surface area contributed by atoms with Crippen LogP contribution in [-0.4, -0.2) is 38.7 Å². The molecule has 6 heteroatoms. The van der Waals surface area contributed by atoms with Crippen molar-refractivity contribution in [1.82, 2.24) is 19.7 Å². The maximum atomic E-state index is 13.3. The molecule has 1 N–H and O–H groups in total. The van der Waals surface area contributed by atoms with Crippen LogP contribution in [0.2, 0.25) is 0 Å². The van der Waals surface area contributed by atoms with E-state index in [2.05, 4.69) is 32.2 Å². The van der Waals surface area contributed by atoms with Gasteiger partial charge in [-0.1, -0.05) is 48.9 Å². The van der Waals surface area contributed by atoms with E-state index in [1.54, 1.807) is 0 Å². The fourth-order valence-corrected chi connectivity index (χ4v) is 4.67. The molecule has 0 spiro atoms. The Morgan fingerprint density at radius 2 is 1.68 bits per heavy atom. The standard InChI is InChI=1S/C25H29N5O/c31-25(29-15-7-8-16-29)23(19-10-3-1-4-11-19)26-21-13-9-12-20(18-21)24-28-27-22-14-5-2-6-17-30(22)24/h1,3-4,9-13,18,23,26H,2,5-8,14-17H2. The SMILES string of the molecule is O=C(C(Nc1cccc(-c2nnc3n2CCCCC3)c1)c1ccccc1)N1CCCC1. The largest absolute Gasteiger partial charge is 0.370 e. The lowest BCUT2D eigenvalue weighted by molar-refractivity contribution is -0.131. The first-order valence-corrected chi connectivity index (χ1v) is 11.4. The fraction of sp³-hybridized carbons (Fsp3) is 0.400. The molecular formula is C25H29N5O. The average molecular weight is 416 g/mol. The van der Waals surface area contributed by atoms with Gasteiger partial charge in [0, 0.05) is 37.3 Å². The maximum absolute atomic E-state index is 13.3. The molecule has 1 fully saturated rings. The molecular weight excluding hydrogens is 386 g/mol. The zero-order chi connectivity index (χ0) is 21.0. The molecule has 2 aliphatic rings. The van der Waals surface area contributed by atoms with E-state index < -0.39 is 6.04 Å². The molecule has 6 nitrogen and oxygen atoms in total. The summed E-state index contributed by atoms with van der Waals surface area (Å²) in [7, 11) is 0. The van der Waals surface area contributed by atoms with Crippen LogP contribution in [-0.2, 0) is 17.8 Å². The van der Waals surface area contributed by atoms with Gasteiger partial charge in [0.05, 0.1) is 0 Å². The Hall–Kier alpha value is -3.15. The second-order valence-electron chi connectivity index (χ2n) is 8.50. The van der Waals surface area contributed by atoms with Crippen LogP contribution in [0.25, 0.3) is 11.4 Å². The van der Waals surface area contributed by atoms with Crippen molar-refractivity contribution < 1.29 is 4.79 Å². The van der Waals surface area contributed by atoms with Crippen molar-refractivity contribution in [3.63, 3.8) is 0 Å². The highest BCUT2D eigenvalue weighted by Crippen LogP contribution is 2.28. The summed E-state index contributed by atoms with van der Waals surface area (Å²) in [5, 5.41) is 12.5. The predicted octanol–water partition coefficient (Wildman–Crippen LogP) is 4.45. The summed E-state index contributed by atoms with van der Waals surface area (Å²) in [6, 6.07) is 17.8. The molecule has 31 heavy (non-hydrogen) atoms. The zero-order valence-electron chi connectivity index (χ0n) is 17.8. The molecule has 1 atom stereocenters. The van der Waals surface area contributed by atoms with Crippen LogP contribution in [0, 0.1) is 0 Å².